The van der Waals surface area contributed by atoms with Crippen LogP contribution in [0.5, 0.6) is 0 Å². The third kappa shape index (κ3) is 3.90. The molecule has 4 heteroatoms. The van der Waals surface area contributed by atoms with E-state index < -0.39 is 6.04 Å². The molecule has 0 amide bonds. The number of Topliss-reactive ketones (excluding diaryl/α,β-unsaturated/α-hetero) is 1. The summed E-state index contributed by atoms with van der Waals surface area (Å²) < 4.78 is 4.66. The van der Waals surface area contributed by atoms with Crippen molar-refractivity contribution in [3.8, 4) is 0 Å². The summed E-state index contributed by atoms with van der Waals surface area (Å²) in [4.78, 5) is 24.1. The van der Waals surface area contributed by atoms with Crippen molar-refractivity contribution < 1.29 is 14.3 Å². The number of methoxy groups -OCH3 is 1. The van der Waals surface area contributed by atoms with Crippen molar-refractivity contribution >= 4 is 11.8 Å². The van der Waals surface area contributed by atoms with Gasteiger partial charge < -0.3 is 10.1 Å². The van der Waals surface area contributed by atoms with Crippen molar-refractivity contribution in [2.45, 2.75) is 40.2 Å². The second-order valence-corrected chi connectivity index (χ2v) is 5.03. The summed E-state index contributed by atoms with van der Waals surface area (Å²) in [7, 11) is 1.33. The molecule has 0 saturated carbocycles. The molecule has 20 heavy (non-hydrogen) atoms. The zero-order valence-corrected chi connectivity index (χ0v) is 12.9. The molecule has 0 radical (unpaired) electrons. The van der Waals surface area contributed by atoms with E-state index in [0.717, 1.165) is 16.7 Å². The maximum absolute atomic E-state index is 12.7. The average molecular weight is 277 g/mol. The molecule has 0 aliphatic heterocycles. The van der Waals surface area contributed by atoms with Gasteiger partial charge in [-0.1, -0.05) is 24.6 Å². The number of rotatable bonds is 6. The van der Waals surface area contributed by atoms with E-state index in [1.807, 2.05) is 39.8 Å². The van der Waals surface area contributed by atoms with E-state index in [1.165, 1.54) is 7.11 Å². The Balaban J connectivity index is 3.09. The number of hydrogen-bond donors (Lipinski definition) is 1. The molecule has 1 unspecified atom stereocenters. The molecule has 4 nitrogen and oxygen atoms in total. The molecular weight excluding hydrogens is 254 g/mol. The Bertz CT molecular complexity index is 485. The van der Waals surface area contributed by atoms with Gasteiger partial charge in [-0.2, -0.15) is 0 Å². The zero-order valence-electron chi connectivity index (χ0n) is 12.9. The van der Waals surface area contributed by atoms with E-state index in [2.05, 4.69) is 10.1 Å². The van der Waals surface area contributed by atoms with E-state index >= 15 is 0 Å². The van der Waals surface area contributed by atoms with Crippen molar-refractivity contribution in [3.63, 3.8) is 0 Å². The fourth-order valence-corrected chi connectivity index (χ4v) is 2.50. The first-order valence-corrected chi connectivity index (χ1v) is 6.83. The van der Waals surface area contributed by atoms with Crippen LogP contribution in [-0.2, 0) is 9.53 Å². The van der Waals surface area contributed by atoms with Crippen LogP contribution >= 0.6 is 0 Å². The van der Waals surface area contributed by atoms with Gasteiger partial charge in [0.2, 0.25) is 0 Å². The number of likely N-dealkylation sites (N-methyl/N-ethyl adjacent to an activating group) is 1. The normalized spacial score (nSPS) is 12.1. The quantitative estimate of drug-likeness (QED) is 0.640. The Kier molecular flexibility index (Phi) is 5.89. The van der Waals surface area contributed by atoms with Gasteiger partial charge >= 0.3 is 5.97 Å². The minimum absolute atomic E-state index is 0.0488. The second-order valence-electron chi connectivity index (χ2n) is 5.03. The van der Waals surface area contributed by atoms with Crippen LogP contribution in [0, 0.1) is 20.8 Å². The summed E-state index contributed by atoms with van der Waals surface area (Å²) in [6.45, 7) is 8.39. The Hall–Kier alpha value is -1.68. The van der Waals surface area contributed by atoms with Gasteiger partial charge in [0.25, 0.3) is 0 Å². The number of benzene rings is 1. The van der Waals surface area contributed by atoms with E-state index in [-0.39, 0.29) is 18.2 Å². The summed E-state index contributed by atoms with van der Waals surface area (Å²) in [5.74, 6) is -0.432. The lowest BCUT2D eigenvalue weighted by atomic mass is 9.92. The molecule has 1 aromatic rings. The van der Waals surface area contributed by atoms with Crippen molar-refractivity contribution in [1.29, 1.82) is 0 Å². The molecule has 0 heterocycles. The predicted molar refractivity (Wildman–Crippen MR) is 79.1 cm³/mol. The lowest BCUT2D eigenvalue weighted by molar-refractivity contribution is -0.140. The number of nitrogens with one attached hydrogen (secondary N) is 1. The van der Waals surface area contributed by atoms with Gasteiger partial charge in [-0.3, -0.25) is 9.59 Å². The topological polar surface area (TPSA) is 55.4 Å². The second kappa shape index (κ2) is 7.20. The SMILES string of the molecule is CCNC(CC(=O)OC)C(=O)c1c(C)cc(C)cc1C. The summed E-state index contributed by atoms with van der Waals surface area (Å²) in [5.41, 5.74) is 3.72. The van der Waals surface area contributed by atoms with Crippen LogP contribution in [0.2, 0.25) is 0 Å². The van der Waals surface area contributed by atoms with Gasteiger partial charge in [0.05, 0.1) is 19.6 Å². The largest absolute Gasteiger partial charge is 0.469 e. The minimum atomic E-state index is -0.535. The van der Waals surface area contributed by atoms with Crippen molar-refractivity contribution in [3.05, 3.63) is 34.4 Å². The highest BCUT2D eigenvalue weighted by atomic mass is 16.5. The molecule has 0 aliphatic rings. The first-order chi connectivity index (χ1) is 9.40. The number of aryl methyl sites for hydroxylation is 3. The predicted octanol–water partition coefficient (Wildman–Crippen LogP) is 2.34. The molecule has 1 N–H and O–H groups in total. The Morgan fingerprint density at radius 2 is 1.75 bits per heavy atom. The fraction of sp³-hybridized carbons (Fsp3) is 0.500. The van der Waals surface area contributed by atoms with Gasteiger partial charge in [0.1, 0.15) is 0 Å². The van der Waals surface area contributed by atoms with Gasteiger partial charge in [-0.05, 0) is 38.4 Å². The lowest BCUT2D eigenvalue weighted by Gasteiger charge is -2.18. The molecule has 110 valence electrons. The summed E-state index contributed by atoms with van der Waals surface area (Å²) in [6.07, 6.45) is 0.0515. The number of hydrogen-bond acceptors (Lipinski definition) is 4. The van der Waals surface area contributed by atoms with E-state index in [9.17, 15) is 9.59 Å². The molecule has 0 aliphatic carbocycles. The molecule has 0 bridgehead atoms. The summed E-state index contributed by atoms with van der Waals surface area (Å²) in [6, 6.07) is 3.44. The minimum Gasteiger partial charge on any atom is -0.469 e. The zero-order chi connectivity index (χ0) is 15.3. The highest BCUT2D eigenvalue weighted by Gasteiger charge is 2.25. The van der Waals surface area contributed by atoms with Crippen LogP contribution in [0.3, 0.4) is 0 Å². The van der Waals surface area contributed by atoms with Crippen molar-refractivity contribution in [2.24, 2.45) is 0 Å². The van der Waals surface area contributed by atoms with Gasteiger partial charge in [-0.15, -0.1) is 0 Å². The molecule has 1 atom stereocenters. The highest BCUT2D eigenvalue weighted by molar-refractivity contribution is 6.04. The lowest BCUT2D eigenvalue weighted by Crippen LogP contribution is -2.39. The maximum atomic E-state index is 12.7. The smallest absolute Gasteiger partial charge is 0.307 e. The monoisotopic (exact) mass is 277 g/mol. The van der Waals surface area contributed by atoms with E-state index in [4.69, 9.17) is 0 Å². The average Bonchev–Trinajstić information content (AvgIpc) is 2.36. The Morgan fingerprint density at radius 3 is 2.20 bits per heavy atom. The van der Waals surface area contributed by atoms with Gasteiger partial charge in [0, 0.05) is 5.56 Å². The number of ether oxygens (including phenoxy) is 1. The fourth-order valence-electron chi connectivity index (χ4n) is 2.50. The van der Waals surface area contributed by atoms with Crippen LogP contribution in [0.1, 0.15) is 40.4 Å². The van der Waals surface area contributed by atoms with Crippen LogP contribution in [-0.4, -0.2) is 31.4 Å². The number of ketones is 1. The van der Waals surface area contributed by atoms with Crippen LogP contribution in [0.4, 0.5) is 0 Å². The molecular formula is C16H23NO3. The third-order valence-corrected chi connectivity index (χ3v) is 3.29. The Labute approximate surface area is 120 Å². The molecule has 0 fully saturated rings. The molecule has 0 saturated heterocycles. The molecule has 1 aromatic carbocycles. The third-order valence-electron chi connectivity index (χ3n) is 3.29. The van der Waals surface area contributed by atoms with Gasteiger partial charge in [-0.25, -0.2) is 0 Å². The molecule has 0 aromatic heterocycles. The highest BCUT2D eigenvalue weighted by Crippen LogP contribution is 2.19. The Morgan fingerprint density at radius 1 is 1.20 bits per heavy atom. The number of esters is 1. The van der Waals surface area contributed by atoms with Crippen molar-refractivity contribution in [1.82, 2.24) is 5.32 Å². The number of carbonyl (C=O) groups excluding carboxylic acids is 2. The number of carbonyl (C=O) groups is 2. The summed E-state index contributed by atoms with van der Waals surface area (Å²) >= 11 is 0. The first kappa shape index (κ1) is 16.4. The van der Waals surface area contributed by atoms with Crippen LogP contribution in [0.15, 0.2) is 12.1 Å². The van der Waals surface area contributed by atoms with E-state index in [1.54, 1.807) is 0 Å². The molecule has 0 spiro atoms. The van der Waals surface area contributed by atoms with Crippen LogP contribution < -0.4 is 5.32 Å². The van der Waals surface area contributed by atoms with Gasteiger partial charge in [0.15, 0.2) is 5.78 Å². The first-order valence-electron chi connectivity index (χ1n) is 6.83. The van der Waals surface area contributed by atoms with E-state index in [0.29, 0.717) is 12.1 Å². The standard InChI is InChI=1S/C16H23NO3/c1-6-17-13(9-14(18)20-5)16(19)15-11(3)7-10(2)8-12(15)4/h7-8,13,17H,6,9H2,1-5H3. The maximum Gasteiger partial charge on any atom is 0.307 e. The molecule has 1 rings (SSSR count). The van der Waals surface area contributed by atoms with Crippen LogP contribution in [0.25, 0.3) is 0 Å². The van der Waals surface area contributed by atoms with Crippen molar-refractivity contribution in [2.75, 3.05) is 13.7 Å². The summed E-state index contributed by atoms with van der Waals surface area (Å²) in [5, 5.41) is 3.06.